The van der Waals surface area contributed by atoms with E-state index in [2.05, 4.69) is 41.8 Å². The Hall–Kier alpha value is -3.42. The van der Waals surface area contributed by atoms with Crippen molar-refractivity contribution in [1.82, 2.24) is 20.7 Å². The van der Waals surface area contributed by atoms with Crippen molar-refractivity contribution in [2.24, 2.45) is 11.8 Å². The molecular formula is C30H36N4O3. The van der Waals surface area contributed by atoms with E-state index < -0.39 is 6.04 Å². The van der Waals surface area contributed by atoms with Crippen LogP contribution in [0.1, 0.15) is 60.2 Å². The van der Waals surface area contributed by atoms with E-state index in [0.29, 0.717) is 19.1 Å². The summed E-state index contributed by atoms with van der Waals surface area (Å²) in [7, 11) is 0. The van der Waals surface area contributed by atoms with Crippen molar-refractivity contribution in [3.8, 4) is 11.5 Å². The zero-order chi connectivity index (χ0) is 26.1. The van der Waals surface area contributed by atoms with Crippen LogP contribution in [0.5, 0.6) is 11.5 Å². The summed E-state index contributed by atoms with van der Waals surface area (Å²) < 4.78 is 6.09. The molecule has 3 N–H and O–H groups in total. The lowest BCUT2D eigenvalue weighted by Gasteiger charge is -2.32. The quantitative estimate of drug-likeness (QED) is 0.414. The number of rotatable bonds is 8. The fraction of sp³-hybridized carbons (Fsp3) is 0.400. The standard InChI is InChI=1S/C30H36N4O3/c1-18(2)10-12-37-23-9-5-8-22(15-23)28-25-26(24-14-19(3)13-20(4)29(24)35)32-33-27(25)30(36)34(28)17-21-7-6-11-31-16-21/h5-9,11,13-16,18,25-28,32-33,35H,10,12,17H2,1-4H3. The summed E-state index contributed by atoms with van der Waals surface area (Å²) in [5.74, 6) is 1.53. The summed E-state index contributed by atoms with van der Waals surface area (Å²) in [5.41, 5.74) is 11.3. The number of likely N-dealkylation sites (tertiary alicyclic amines) is 1. The Bertz CT molecular complexity index is 1260. The molecule has 3 aromatic rings. The molecule has 1 aromatic heterocycles. The number of fused-ring (bicyclic) bond motifs is 1. The summed E-state index contributed by atoms with van der Waals surface area (Å²) in [4.78, 5) is 20.0. The third-order valence-electron chi connectivity index (χ3n) is 7.46. The van der Waals surface area contributed by atoms with Crippen LogP contribution in [0.4, 0.5) is 0 Å². The first kappa shape index (κ1) is 25.2. The van der Waals surface area contributed by atoms with E-state index in [0.717, 1.165) is 40.0 Å². The van der Waals surface area contributed by atoms with Gasteiger partial charge in [0.1, 0.15) is 17.5 Å². The Morgan fingerprint density at radius 2 is 1.89 bits per heavy atom. The number of hydrogen-bond acceptors (Lipinski definition) is 6. The predicted octanol–water partition coefficient (Wildman–Crippen LogP) is 4.75. The van der Waals surface area contributed by atoms with Crippen LogP contribution >= 0.6 is 0 Å². The van der Waals surface area contributed by atoms with Crippen molar-refractivity contribution in [3.63, 3.8) is 0 Å². The van der Waals surface area contributed by atoms with Crippen molar-refractivity contribution in [1.29, 1.82) is 0 Å². The second kappa shape index (κ2) is 10.5. The fourth-order valence-corrected chi connectivity index (χ4v) is 5.66. The van der Waals surface area contributed by atoms with Crippen LogP contribution in [0, 0.1) is 25.7 Å². The SMILES string of the molecule is Cc1cc(C)c(O)c(C2NNC3C(=O)N(Cc4cccnc4)C(c4cccc(OCCC(C)C)c4)C32)c1. The van der Waals surface area contributed by atoms with Gasteiger partial charge in [0.25, 0.3) is 0 Å². The number of hydrazine groups is 1. The fourth-order valence-electron chi connectivity index (χ4n) is 5.66. The predicted molar refractivity (Wildman–Crippen MR) is 143 cm³/mol. The summed E-state index contributed by atoms with van der Waals surface area (Å²) >= 11 is 0. The largest absolute Gasteiger partial charge is 0.507 e. The molecule has 4 atom stereocenters. The first-order valence-electron chi connectivity index (χ1n) is 13.1. The zero-order valence-corrected chi connectivity index (χ0v) is 21.9. The lowest BCUT2D eigenvalue weighted by molar-refractivity contribution is -0.131. The van der Waals surface area contributed by atoms with E-state index in [-0.39, 0.29) is 29.7 Å². The Balaban J connectivity index is 1.54. The van der Waals surface area contributed by atoms with Gasteiger partial charge in [-0.2, -0.15) is 0 Å². The minimum Gasteiger partial charge on any atom is -0.507 e. The van der Waals surface area contributed by atoms with Gasteiger partial charge in [-0.1, -0.05) is 49.7 Å². The van der Waals surface area contributed by atoms with Crippen LogP contribution in [-0.4, -0.2) is 33.5 Å². The number of carbonyl (C=O) groups excluding carboxylic acids is 1. The number of aromatic hydroxyl groups is 1. The van der Waals surface area contributed by atoms with Crippen LogP contribution < -0.4 is 15.6 Å². The summed E-state index contributed by atoms with van der Waals surface area (Å²) in [5, 5.41) is 11.0. The molecule has 7 nitrogen and oxygen atoms in total. The minimum atomic E-state index is -0.419. The second-order valence-corrected chi connectivity index (χ2v) is 10.7. The van der Waals surface area contributed by atoms with Gasteiger partial charge >= 0.3 is 0 Å². The first-order valence-corrected chi connectivity index (χ1v) is 13.1. The highest BCUT2D eigenvalue weighted by molar-refractivity contribution is 5.86. The normalized spacial score (nSPS) is 23.1. The van der Waals surface area contributed by atoms with Crippen molar-refractivity contribution in [3.05, 3.63) is 88.7 Å². The van der Waals surface area contributed by atoms with Crippen LogP contribution in [0.2, 0.25) is 0 Å². The molecule has 2 aliphatic heterocycles. The second-order valence-electron chi connectivity index (χ2n) is 10.7. The number of nitrogens with one attached hydrogen (secondary N) is 2. The molecule has 4 unspecified atom stereocenters. The molecule has 2 saturated heterocycles. The number of ether oxygens (including phenoxy) is 1. The van der Waals surface area contributed by atoms with Gasteiger partial charge in [0.15, 0.2) is 0 Å². The lowest BCUT2D eigenvalue weighted by Crippen LogP contribution is -2.41. The maximum absolute atomic E-state index is 13.8. The Kier molecular flexibility index (Phi) is 7.17. The molecule has 0 radical (unpaired) electrons. The number of pyridine rings is 1. The van der Waals surface area contributed by atoms with E-state index in [9.17, 15) is 9.90 Å². The van der Waals surface area contributed by atoms with Gasteiger partial charge in [0, 0.05) is 30.4 Å². The number of nitrogens with zero attached hydrogens (tertiary/aromatic N) is 2. The molecule has 2 aliphatic rings. The molecule has 1 amide bonds. The van der Waals surface area contributed by atoms with Gasteiger partial charge in [0.2, 0.25) is 5.91 Å². The Morgan fingerprint density at radius 1 is 1.08 bits per heavy atom. The minimum absolute atomic E-state index is 0.0313. The number of phenolic OH excluding ortho intramolecular Hbond substituents is 1. The number of phenols is 1. The van der Waals surface area contributed by atoms with Crippen LogP contribution in [0.15, 0.2) is 60.9 Å². The molecule has 0 bridgehead atoms. The average molecular weight is 501 g/mol. The van der Waals surface area contributed by atoms with Crippen LogP contribution in [0.25, 0.3) is 0 Å². The molecule has 2 fully saturated rings. The Morgan fingerprint density at radius 3 is 2.65 bits per heavy atom. The number of aromatic nitrogens is 1. The molecule has 7 heteroatoms. The van der Waals surface area contributed by atoms with E-state index in [1.165, 1.54) is 0 Å². The lowest BCUT2D eigenvalue weighted by atomic mass is 9.82. The maximum atomic E-state index is 13.8. The van der Waals surface area contributed by atoms with Crippen molar-refractivity contribution < 1.29 is 14.6 Å². The highest BCUT2D eigenvalue weighted by Gasteiger charge is 2.56. The van der Waals surface area contributed by atoms with Crippen LogP contribution in [-0.2, 0) is 11.3 Å². The molecule has 194 valence electrons. The molecule has 0 aliphatic carbocycles. The molecule has 5 rings (SSSR count). The van der Waals surface area contributed by atoms with Gasteiger partial charge in [-0.05, 0) is 61.1 Å². The van der Waals surface area contributed by atoms with E-state index in [1.54, 1.807) is 6.20 Å². The average Bonchev–Trinajstić information content (AvgIpc) is 3.41. The number of carbonyl (C=O) groups is 1. The van der Waals surface area contributed by atoms with Crippen molar-refractivity contribution in [2.45, 2.75) is 58.8 Å². The zero-order valence-electron chi connectivity index (χ0n) is 21.9. The van der Waals surface area contributed by atoms with E-state index in [1.807, 2.05) is 61.3 Å². The molecule has 0 spiro atoms. The molecule has 3 heterocycles. The summed E-state index contributed by atoms with van der Waals surface area (Å²) in [6, 6.07) is 15.1. The third kappa shape index (κ3) is 5.06. The van der Waals surface area contributed by atoms with Crippen molar-refractivity contribution in [2.75, 3.05) is 6.61 Å². The third-order valence-corrected chi connectivity index (χ3v) is 7.46. The van der Waals surface area contributed by atoms with Gasteiger partial charge in [-0.3, -0.25) is 9.78 Å². The topological polar surface area (TPSA) is 86.7 Å². The maximum Gasteiger partial charge on any atom is 0.242 e. The smallest absolute Gasteiger partial charge is 0.242 e. The molecule has 2 aromatic carbocycles. The first-order chi connectivity index (χ1) is 17.8. The number of hydrogen-bond donors (Lipinski definition) is 3. The summed E-state index contributed by atoms with van der Waals surface area (Å²) in [6.07, 6.45) is 4.53. The monoisotopic (exact) mass is 500 g/mol. The number of aryl methyl sites for hydroxylation is 2. The van der Waals surface area contributed by atoms with Crippen LogP contribution in [0.3, 0.4) is 0 Å². The molecule has 37 heavy (non-hydrogen) atoms. The van der Waals surface area contributed by atoms with E-state index >= 15 is 0 Å². The van der Waals surface area contributed by atoms with E-state index in [4.69, 9.17) is 4.74 Å². The number of amides is 1. The van der Waals surface area contributed by atoms with Crippen molar-refractivity contribution >= 4 is 5.91 Å². The van der Waals surface area contributed by atoms with Gasteiger partial charge in [0.05, 0.1) is 18.7 Å². The highest BCUT2D eigenvalue weighted by Crippen LogP contribution is 2.49. The van der Waals surface area contributed by atoms with Gasteiger partial charge in [-0.25, -0.2) is 10.9 Å². The van der Waals surface area contributed by atoms with Gasteiger partial charge in [-0.15, -0.1) is 0 Å². The van der Waals surface area contributed by atoms with Gasteiger partial charge < -0.3 is 14.7 Å². The summed E-state index contributed by atoms with van der Waals surface area (Å²) in [6.45, 7) is 9.41. The molecular weight excluding hydrogens is 464 g/mol. The highest BCUT2D eigenvalue weighted by atomic mass is 16.5. The molecule has 0 saturated carbocycles. The Labute approximate surface area is 218 Å². The number of benzene rings is 2.